The second-order valence-corrected chi connectivity index (χ2v) is 3.77. The second-order valence-electron chi connectivity index (χ2n) is 3.37. The molecule has 2 rings (SSSR count). The van der Waals surface area contributed by atoms with Gasteiger partial charge in [-0.3, -0.25) is 4.98 Å². The zero-order valence-corrected chi connectivity index (χ0v) is 9.78. The lowest BCUT2D eigenvalue weighted by Crippen LogP contribution is -2.12. The van der Waals surface area contributed by atoms with Crippen LogP contribution in [0, 0.1) is 0 Å². The van der Waals surface area contributed by atoms with Gasteiger partial charge >= 0.3 is 5.69 Å². The Morgan fingerprint density at radius 2 is 2.24 bits per heavy atom. The third-order valence-electron chi connectivity index (χ3n) is 2.31. The van der Waals surface area contributed by atoms with Crippen LogP contribution in [0.3, 0.4) is 0 Å². The molecule has 0 saturated heterocycles. The van der Waals surface area contributed by atoms with Crippen molar-refractivity contribution in [2.45, 2.75) is 0 Å². The molecule has 0 aliphatic carbocycles. The number of benzene rings is 1. The Hall–Kier alpha value is -2.01. The van der Waals surface area contributed by atoms with Crippen LogP contribution in [0.2, 0.25) is 5.02 Å². The molecule has 0 aliphatic heterocycles. The number of anilines is 1. The Morgan fingerprint density at radius 1 is 1.47 bits per heavy atom. The van der Waals surface area contributed by atoms with Crippen molar-refractivity contribution in [3.05, 3.63) is 39.9 Å². The van der Waals surface area contributed by atoms with E-state index in [9.17, 15) is 4.79 Å². The Balaban J connectivity index is 2.53. The number of H-pyrrole nitrogens is 1. The number of nitrogens with two attached hydrogens (primary N) is 1. The summed E-state index contributed by atoms with van der Waals surface area (Å²) in [5, 5.41) is 0.468. The van der Waals surface area contributed by atoms with Gasteiger partial charge in [-0.2, -0.15) is 0 Å². The normalized spacial score (nSPS) is 10.2. The fourth-order valence-electron chi connectivity index (χ4n) is 1.47. The van der Waals surface area contributed by atoms with Gasteiger partial charge in [0.25, 0.3) is 0 Å². The smallest absolute Gasteiger partial charge is 0.346 e. The Kier molecular flexibility index (Phi) is 3.01. The van der Waals surface area contributed by atoms with E-state index in [0.717, 1.165) is 5.56 Å². The lowest BCUT2D eigenvalue weighted by atomic mass is 10.1. The molecule has 0 unspecified atom stereocenters. The monoisotopic (exact) mass is 251 g/mol. The highest BCUT2D eigenvalue weighted by Crippen LogP contribution is 2.31. The first kappa shape index (κ1) is 11.5. The number of nitrogen functional groups attached to an aromatic ring is 1. The van der Waals surface area contributed by atoms with Crippen molar-refractivity contribution < 1.29 is 4.74 Å². The first-order valence-electron chi connectivity index (χ1n) is 4.80. The summed E-state index contributed by atoms with van der Waals surface area (Å²) < 4.78 is 5.05. The summed E-state index contributed by atoms with van der Waals surface area (Å²) in [6, 6.07) is 5.21. The van der Waals surface area contributed by atoms with Crippen molar-refractivity contribution in [3.8, 4) is 16.9 Å². The van der Waals surface area contributed by atoms with Gasteiger partial charge in [-0.05, 0) is 17.7 Å². The summed E-state index contributed by atoms with van der Waals surface area (Å²) in [7, 11) is 1.54. The quantitative estimate of drug-likeness (QED) is 0.851. The van der Waals surface area contributed by atoms with Crippen LogP contribution in [0.5, 0.6) is 5.75 Å². The fraction of sp³-hybridized carbons (Fsp3) is 0.0909. The molecule has 0 atom stereocenters. The highest BCUT2D eigenvalue weighted by Gasteiger charge is 2.07. The zero-order valence-electron chi connectivity index (χ0n) is 9.03. The SMILES string of the molecule is COc1ccc(-c2cnc(=O)[nH]c2N)cc1Cl. The average Bonchev–Trinajstić information content (AvgIpc) is 2.29. The number of hydrogen-bond acceptors (Lipinski definition) is 4. The summed E-state index contributed by atoms with van der Waals surface area (Å²) in [6.07, 6.45) is 1.41. The molecule has 1 aromatic heterocycles. The number of hydrogen-bond donors (Lipinski definition) is 2. The highest BCUT2D eigenvalue weighted by atomic mass is 35.5. The van der Waals surface area contributed by atoms with E-state index < -0.39 is 5.69 Å². The van der Waals surface area contributed by atoms with Crippen molar-refractivity contribution in [3.63, 3.8) is 0 Å². The standard InChI is InChI=1S/C11H10ClN3O2/c1-17-9-3-2-6(4-8(9)12)7-5-14-11(16)15-10(7)13/h2-5H,1H3,(H3,13,14,15,16). The average molecular weight is 252 g/mol. The van der Waals surface area contributed by atoms with Crippen LogP contribution in [0.15, 0.2) is 29.2 Å². The van der Waals surface area contributed by atoms with E-state index >= 15 is 0 Å². The first-order chi connectivity index (χ1) is 8.11. The van der Waals surface area contributed by atoms with Gasteiger partial charge in [0.1, 0.15) is 11.6 Å². The van der Waals surface area contributed by atoms with Crippen molar-refractivity contribution in [2.24, 2.45) is 0 Å². The molecule has 0 radical (unpaired) electrons. The molecule has 3 N–H and O–H groups in total. The summed E-state index contributed by atoms with van der Waals surface area (Å²) in [4.78, 5) is 17.0. The minimum atomic E-state index is -0.481. The molecule has 6 heteroatoms. The third kappa shape index (κ3) is 2.24. The summed E-state index contributed by atoms with van der Waals surface area (Å²) in [6.45, 7) is 0. The molecule has 0 aliphatic rings. The zero-order chi connectivity index (χ0) is 12.4. The van der Waals surface area contributed by atoms with Crippen LogP contribution in [0.1, 0.15) is 0 Å². The number of methoxy groups -OCH3 is 1. The van der Waals surface area contributed by atoms with Crippen molar-refractivity contribution in [2.75, 3.05) is 12.8 Å². The predicted molar refractivity (Wildman–Crippen MR) is 66.3 cm³/mol. The van der Waals surface area contributed by atoms with E-state index in [2.05, 4.69) is 9.97 Å². The van der Waals surface area contributed by atoms with Gasteiger partial charge in [0.2, 0.25) is 0 Å². The number of aromatic amines is 1. The summed E-state index contributed by atoms with van der Waals surface area (Å²) >= 11 is 6.00. The highest BCUT2D eigenvalue weighted by molar-refractivity contribution is 6.32. The van der Waals surface area contributed by atoms with E-state index in [-0.39, 0.29) is 5.82 Å². The maximum Gasteiger partial charge on any atom is 0.346 e. The van der Waals surface area contributed by atoms with E-state index in [4.69, 9.17) is 22.1 Å². The molecule has 1 heterocycles. The van der Waals surface area contributed by atoms with Crippen LogP contribution in [0.25, 0.3) is 11.1 Å². The molecule has 17 heavy (non-hydrogen) atoms. The molecule has 0 fully saturated rings. The summed E-state index contributed by atoms with van der Waals surface area (Å²) in [5.74, 6) is 0.831. The van der Waals surface area contributed by atoms with Gasteiger partial charge in [0.05, 0.1) is 12.1 Å². The van der Waals surface area contributed by atoms with Crippen LogP contribution < -0.4 is 16.2 Å². The molecular formula is C11H10ClN3O2. The topological polar surface area (TPSA) is 81.0 Å². The first-order valence-corrected chi connectivity index (χ1v) is 5.18. The van der Waals surface area contributed by atoms with Gasteiger partial charge in [-0.1, -0.05) is 17.7 Å². The third-order valence-corrected chi connectivity index (χ3v) is 2.60. The molecular weight excluding hydrogens is 242 g/mol. The lowest BCUT2D eigenvalue weighted by Gasteiger charge is -2.07. The van der Waals surface area contributed by atoms with Crippen LogP contribution in [0.4, 0.5) is 5.82 Å². The van der Waals surface area contributed by atoms with Gasteiger partial charge < -0.3 is 10.5 Å². The van der Waals surface area contributed by atoms with Gasteiger partial charge in [0, 0.05) is 11.8 Å². The number of halogens is 1. The van der Waals surface area contributed by atoms with E-state index in [1.165, 1.54) is 13.3 Å². The molecule has 88 valence electrons. The number of rotatable bonds is 2. The fourth-order valence-corrected chi connectivity index (χ4v) is 1.73. The minimum Gasteiger partial charge on any atom is -0.495 e. The van der Waals surface area contributed by atoms with Crippen molar-refractivity contribution >= 4 is 17.4 Å². The van der Waals surface area contributed by atoms with Gasteiger partial charge in [-0.25, -0.2) is 9.78 Å². The number of nitrogens with one attached hydrogen (secondary N) is 1. The number of aromatic nitrogens is 2. The van der Waals surface area contributed by atoms with E-state index in [0.29, 0.717) is 16.3 Å². The van der Waals surface area contributed by atoms with Crippen molar-refractivity contribution in [1.29, 1.82) is 0 Å². The van der Waals surface area contributed by atoms with Crippen LogP contribution >= 0.6 is 11.6 Å². The minimum absolute atomic E-state index is 0.256. The maximum atomic E-state index is 10.9. The molecule has 0 spiro atoms. The lowest BCUT2D eigenvalue weighted by molar-refractivity contribution is 0.415. The molecule has 1 aromatic carbocycles. The second kappa shape index (κ2) is 4.47. The van der Waals surface area contributed by atoms with Gasteiger partial charge in [-0.15, -0.1) is 0 Å². The predicted octanol–water partition coefficient (Wildman–Crippen LogP) is 1.68. The van der Waals surface area contributed by atoms with Crippen molar-refractivity contribution in [1.82, 2.24) is 9.97 Å². The molecule has 0 amide bonds. The molecule has 0 saturated carbocycles. The van der Waals surface area contributed by atoms with Crippen LogP contribution in [-0.4, -0.2) is 17.1 Å². The summed E-state index contributed by atoms with van der Waals surface area (Å²) in [5.41, 5.74) is 6.60. The Labute approximate surface area is 102 Å². The van der Waals surface area contributed by atoms with E-state index in [1.807, 2.05) is 0 Å². The maximum absolute atomic E-state index is 10.9. The molecule has 0 bridgehead atoms. The number of nitrogens with zero attached hydrogens (tertiary/aromatic N) is 1. The number of ether oxygens (including phenoxy) is 1. The largest absolute Gasteiger partial charge is 0.495 e. The molecule has 2 aromatic rings. The Morgan fingerprint density at radius 3 is 2.82 bits per heavy atom. The Bertz CT molecular complexity index is 610. The molecule has 5 nitrogen and oxygen atoms in total. The van der Waals surface area contributed by atoms with Crippen LogP contribution in [-0.2, 0) is 0 Å². The van der Waals surface area contributed by atoms with E-state index in [1.54, 1.807) is 18.2 Å². The van der Waals surface area contributed by atoms with Gasteiger partial charge in [0.15, 0.2) is 0 Å².